The van der Waals surface area contributed by atoms with Crippen LogP contribution in [0.2, 0.25) is 0 Å². The van der Waals surface area contributed by atoms with Crippen LogP contribution >= 0.6 is 0 Å². The van der Waals surface area contributed by atoms with E-state index in [1.54, 1.807) is 0 Å². The van der Waals surface area contributed by atoms with E-state index in [1.165, 1.54) is 224 Å². The van der Waals surface area contributed by atoms with E-state index in [2.05, 4.69) is 84.0 Å². The summed E-state index contributed by atoms with van der Waals surface area (Å²) in [6, 6.07) is 15.1. The summed E-state index contributed by atoms with van der Waals surface area (Å²) in [5.74, 6) is 10.2. The Morgan fingerprint density at radius 1 is 0.373 bits per heavy atom. The first kappa shape index (κ1) is 50.7. The minimum Gasteiger partial charge on any atom is -0.448 e. The maximum absolute atomic E-state index is 10.2. The van der Waals surface area contributed by atoms with Gasteiger partial charge in [-0.05, 0) is 117 Å². The fraction of sp³-hybridized carbons (Fsp3) is 0.702. The van der Waals surface area contributed by atoms with Crippen LogP contribution in [0.25, 0.3) is 11.5 Å². The van der Waals surface area contributed by atoms with Gasteiger partial charge in [-0.3, -0.25) is 0 Å². The predicted octanol–water partition coefficient (Wildman–Crippen LogP) is 18.8. The number of unbranched alkanes of at least 4 members (excludes halogenated alkanes) is 23. The molecule has 0 radical (unpaired) electrons. The summed E-state index contributed by atoms with van der Waals surface area (Å²) in [5.41, 5.74) is 13.6. The van der Waals surface area contributed by atoms with Crippen molar-refractivity contribution < 1.29 is 4.68 Å². The van der Waals surface area contributed by atoms with Crippen molar-refractivity contribution >= 4 is 11.4 Å². The number of nitrogens with zero attached hydrogens (tertiary/aromatic N) is 1. The molecule has 1 N–H and O–H groups in total. The molecule has 0 spiro atoms. The molecule has 1 heterocycles. The summed E-state index contributed by atoms with van der Waals surface area (Å²) >= 11 is 0. The van der Waals surface area contributed by atoms with Crippen LogP contribution < -0.4 is 0 Å². The zero-order valence-corrected chi connectivity index (χ0v) is 40.0. The summed E-state index contributed by atoms with van der Waals surface area (Å²) in [6.07, 6.45) is 45.9. The normalized spacial score (nSPS) is 13.8. The van der Waals surface area contributed by atoms with Crippen LogP contribution in [0.5, 0.6) is 0 Å². The molecule has 0 saturated heterocycles. The van der Waals surface area contributed by atoms with E-state index in [-0.39, 0.29) is 0 Å². The number of nitrogens with one attached hydrogen (secondary N) is 1. The van der Waals surface area contributed by atoms with Crippen LogP contribution in [-0.4, -0.2) is 10.4 Å². The fourth-order valence-corrected chi connectivity index (χ4v) is 9.32. The second-order valence-corrected chi connectivity index (χ2v) is 18.5. The SMILES string of the molecule is CCCCC=C1C(CCCC)=C(c2cc(CCCCCCCC)cc(CCCCCCCC)c2)[N+]([NH-])=C1c1cc(CCCCCCCC)cc(CCCCCCCC)c1. The fourth-order valence-electron chi connectivity index (χ4n) is 9.32. The summed E-state index contributed by atoms with van der Waals surface area (Å²) in [5, 5.41) is 0. The van der Waals surface area contributed by atoms with E-state index in [0.717, 1.165) is 50.7 Å². The molecule has 2 aromatic rings. The van der Waals surface area contributed by atoms with Gasteiger partial charge in [0.25, 0.3) is 0 Å². The largest absolute Gasteiger partial charge is 0.448 e. The summed E-state index contributed by atoms with van der Waals surface area (Å²) in [4.78, 5) is 0. The highest BCUT2D eigenvalue weighted by molar-refractivity contribution is 6.16. The molecular weight excluding hydrogens is 713 g/mol. The average Bonchev–Trinajstić information content (AvgIpc) is 3.52. The molecule has 59 heavy (non-hydrogen) atoms. The zero-order chi connectivity index (χ0) is 42.3. The summed E-state index contributed by atoms with van der Waals surface area (Å²) in [6.45, 7) is 13.9. The van der Waals surface area contributed by atoms with E-state index in [0.29, 0.717) is 0 Å². The van der Waals surface area contributed by atoms with Crippen molar-refractivity contribution in [2.24, 2.45) is 0 Å². The molecule has 1 aliphatic rings. The molecule has 332 valence electrons. The number of aryl methyl sites for hydroxylation is 4. The first-order valence-electron chi connectivity index (χ1n) is 26.1. The highest BCUT2D eigenvalue weighted by Gasteiger charge is 2.35. The molecule has 2 nitrogen and oxygen atoms in total. The van der Waals surface area contributed by atoms with Crippen molar-refractivity contribution in [3.05, 3.63) is 92.8 Å². The molecule has 0 fully saturated rings. The predicted molar refractivity (Wildman–Crippen MR) is 264 cm³/mol. The van der Waals surface area contributed by atoms with Crippen molar-refractivity contribution in [1.82, 2.24) is 0 Å². The van der Waals surface area contributed by atoms with E-state index < -0.39 is 0 Å². The lowest BCUT2D eigenvalue weighted by Crippen LogP contribution is -2.13. The van der Waals surface area contributed by atoms with Crippen molar-refractivity contribution in [3.63, 3.8) is 0 Å². The van der Waals surface area contributed by atoms with Crippen molar-refractivity contribution in [2.45, 2.75) is 260 Å². The van der Waals surface area contributed by atoms with Crippen LogP contribution in [0.4, 0.5) is 0 Å². The van der Waals surface area contributed by atoms with Gasteiger partial charge in [-0.25, -0.2) is 4.68 Å². The molecule has 0 unspecified atom stereocenters. The second-order valence-electron chi connectivity index (χ2n) is 18.5. The highest BCUT2D eigenvalue weighted by Crippen LogP contribution is 2.39. The molecule has 0 atom stereocenters. The van der Waals surface area contributed by atoms with Gasteiger partial charge < -0.3 is 5.84 Å². The third kappa shape index (κ3) is 19.3. The third-order valence-corrected chi connectivity index (χ3v) is 12.9. The molecule has 0 aromatic heterocycles. The lowest BCUT2D eigenvalue weighted by Gasteiger charge is -2.14. The standard InChI is InChI=1S/C57H94N2/c1-7-13-19-23-27-32-36-48-42-49(37-33-28-24-20-14-8-2)45-52(44-48)56-54(40-18-12-6)55(41-31-17-11-5)57(59(56)58)53-46-50(38-34-29-25-21-15-9-3)43-51(47-53)39-35-30-26-22-16-10-4/h41-47,58H,7-40H2,1-6H3. The Labute approximate surface area is 367 Å². The first-order valence-corrected chi connectivity index (χ1v) is 26.1. The minimum atomic E-state index is 1.04. The van der Waals surface area contributed by atoms with Gasteiger partial charge in [0.2, 0.25) is 11.4 Å². The molecule has 2 heteroatoms. The lowest BCUT2D eigenvalue weighted by atomic mass is 9.88. The van der Waals surface area contributed by atoms with E-state index in [9.17, 15) is 5.84 Å². The molecule has 0 bridgehead atoms. The number of benzene rings is 2. The van der Waals surface area contributed by atoms with Gasteiger partial charge in [0, 0.05) is 16.7 Å². The van der Waals surface area contributed by atoms with Crippen molar-refractivity contribution in [2.75, 3.05) is 0 Å². The summed E-state index contributed by atoms with van der Waals surface area (Å²) < 4.78 is 1.93. The van der Waals surface area contributed by atoms with Crippen LogP contribution in [0.3, 0.4) is 0 Å². The molecule has 2 aromatic carbocycles. The number of allylic oxidation sites excluding steroid dienone is 3. The Kier molecular flexibility index (Phi) is 27.7. The Hall–Kier alpha value is -2.61. The number of rotatable bonds is 36. The van der Waals surface area contributed by atoms with Gasteiger partial charge in [0.05, 0.1) is 5.57 Å². The molecule has 3 rings (SSSR count). The monoisotopic (exact) mass is 807 g/mol. The van der Waals surface area contributed by atoms with Crippen LogP contribution in [0, 0.1) is 0 Å². The quantitative estimate of drug-likeness (QED) is 0.0484. The van der Waals surface area contributed by atoms with Gasteiger partial charge >= 0.3 is 0 Å². The molecule has 1 aliphatic heterocycles. The Morgan fingerprint density at radius 2 is 0.712 bits per heavy atom. The van der Waals surface area contributed by atoms with Crippen molar-refractivity contribution in [3.8, 4) is 0 Å². The smallest absolute Gasteiger partial charge is 0.215 e. The molecule has 0 saturated carbocycles. The zero-order valence-electron chi connectivity index (χ0n) is 40.0. The van der Waals surface area contributed by atoms with Crippen LogP contribution in [0.15, 0.2) is 53.6 Å². The van der Waals surface area contributed by atoms with Crippen LogP contribution in [-0.2, 0) is 25.7 Å². The second kappa shape index (κ2) is 32.2. The Bertz CT molecular complexity index is 1440. The third-order valence-electron chi connectivity index (χ3n) is 12.9. The lowest BCUT2D eigenvalue weighted by molar-refractivity contribution is -0.347. The maximum Gasteiger partial charge on any atom is 0.215 e. The first-order chi connectivity index (χ1) is 29.0. The molecule has 0 amide bonds. The minimum absolute atomic E-state index is 1.04. The number of hydrogen-bond donors (Lipinski definition) is 0. The Balaban J connectivity index is 2.11. The highest BCUT2D eigenvalue weighted by atomic mass is 15.3. The van der Waals surface area contributed by atoms with Gasteiger partial charge in [-0.15, -0.1) is 0 Å². The topological polar surface area (TPSA) is 26.8 Å². The van der Waals surface area contributed by atoms with Crippen molar-refractivity contribution in [1.29, 1.82) is 0 Å². The number of hydrogen-bond acceptors (Lipinski definition) is 0. The van der Waals surface area contributed by atoms with E-state index >= 15 is 0 Å². The molecule has 0 aliphatic carbocycles. The van der Waals surface area contributed by atoms with E-state index in [1.807, 2.05) is 4.68 Å². The Morgan fingerprint density at radius 3 is 1.08 bits per heavy atom. The molecular formula is C57H94N2. The van der Waals surface area contributed by atoms with Gasteiger partial charge in [0.15, 0.2) is 0 Å². The average molecular weight is 807 g/mol. The van der Waals surface area contributed by atoms with Gasteiger partial charge in [-0.1, -0.05) is 207 Å². The van der Waals surface area contributed by atoms with Gasteiger partial charge in [-0.2, -0.15) is 0 Å². The van der Waals surface area contributed by atoms with Crippen LogP contribution in [0.1, 0.15) is 268 Å². The van der Waals surface area contributed by atoms with E-state index in [4.69, 9.17) is 0 Å². The van der Waals surface area contributed by atoms with Gasteiger partial charge in [0.1, 0.15) is 0 Å². The maximum atomic E-state index is 10.2. The summed E-state index contributed by atoms with van der Waals surface area (Å²) in [7, 11) is 0.